The smallest absolute Gasteiger partial charge is 0.406 e. The number of hydrogen-bond acceptors (Lipinski definition) is 2. The minimum atomic E-state index is -4.99. The lowest BCUT2D eigenvalue weighted by molar-refractivity contribution is -0.255. The summed E-state index contributed by atoms with van der Waals surface area (Å²) in [6, 6.07) is 5.24. The van der Waals surface area contributed by atoms with Crippen molar-refractivity contribution in [2.75, 3.05) is 0 Å². The van der Waals surface area contributed by atoms with Crippen molar-refractivity contribution in [3.05, 3.63) is 29.8 Å². The van der Waals surface area contributed by atoms with Crippen molar-refractivity contribution < 1.29 is 26.7 Å². The fourth-order valence-corrected chi connectivity index (χ4v) is 1.18. The fraction of sp³-hybridized carbons (Fsp3) is 0.400. The molecule has 1 aromatic rings. The van der Waals surface area contributed by atoms with Crippen LogP contribution in [-0.2, 0) is 6.54 Å². The summed E-state index contributed by atoms with van der Waals surface area (Å²) >= 11 is 0. The highest BCUT2D eigenvalue weighted by Crippen LogP contribution is 2.33. The number of halogens is 5. The molecule has 0 aliphatic carbocycles. The predicted molar refractivity (Wildman–Crippen MR) is 50.6 cm³/mol. The molecule has 0 heterocycles. The first-order valence-electron chi connectivity index (χ1n) is 4.64. The second-order valence-electron chi connectivity index (χ2n) is 3.38. The molecule has 96 valence electrons. The van der Waals surface area contributed by atoms with Crippen molar-refractivity contribution >= 4 is 0 Å². The molecular formula is C10H10F5NO. The van der Waals surface area contributed by atoms with Crippen LogP contribution in [0.4, 0.5) is 22.0 Å². The Labute approximate surface area is 94.2 Å². The number of alkyl halides is 5. The Bertz CT molecular complexity index is 377. The van der Waals surface area contributed by atoms with Gasteiger partial charge in [0.15, 0.2) is 0 Å². The van der Waals surface area contributed by atoms with Crippen molar-refractivity contribution in [3.63, 3.8) is 0 Å². The number of nitrogens with two attached hydrogens (primary N) is 1. The SMILES string of the molecule is NCc1cccc(OC(F)(F)CC(F)(F)F)c1. The van der Waals surface area contributed by atoms with Crippen molar-refractivity contribution in [1.82, 2.24) is 0 Å². The first-order chi connectivity index (χ1) is 7.72. The highest BCUT2D eigenvalue weighted by molar-refractivity contribution is 5.28. The van der Waals surface area contributed by atoms with E-state index in [4.69, 9.17) is 5.73 Å². The summed E-state index contributed by atoms with van der Waals surface area (Å²) in [6.07, 6.45) is -11.6. The van der Waals surface area contributed by atoms with Crippen LogP contribution in [0.15, 0.2) is 24.3 Å². The third-order valence-electron chi connectivity index (χ3n) is 1.81. The van der Waals surface area contributed by atoms with Gasteiger partial charge in [0.2, 0.25) is 0 Å². The second-order valence-corrected chi connectivity index (χ2v) is 3.38. The maximum Gasteiger partial charge on any atom is 0.406 e. The van der Waals surface area contributed by atoms with E-state index in [0.29, 0.717) is 5.56 Å². The van der Waals surface area contributed by atoms with E-state index >= 15 is 0 Å². The summed E-state index contributed by atoms with van der Waals surface area (Å²) in [4.78, 5) is 0. The van der Waals surface area contributed by atoms with Crippen LogP contribution in [0.3, 0.4) is 0 Å². The van der Waals surface area contributed by atoms with Gasteiger partial charge < -0.3 is 10.5 Å². The first kappa shape index (κ1) is 13.7. The molecule has 0 aliphatic heterocycles. The summed E-state index contributed by atoms with van der Waals surface area (Å²) in [5.41, 5.74) is 5.75. The summed E-state index contributed by atoms with van der Waals surface area (Å²) in [5, 5.41) is 0. The molecule has 0 atom stereocenters. The van der Waals surface area contributed by atoms with Gasteiger partial charge in [-0.2, -0.15) is 22.0 Å². The maximum absolute atomic E-state index is 12.9. The molecule has 0 radical (unpaired) electrons. The zero-order chi connectivity index (χ0) is 13.1. The quantitative estimate of drug-likeness (QED) is 0.839. The van der Waals surface area contributed by atoms with Crippen LogP contribution < -0.4 is 10.5 Å². The topological polar surface area (TPSA) is 35.2 Å². The van der Waals surface area contributed by atoms with E-state index < -0.39 is 18.7 Å². The zero-order valence-corrected chi connectivity index (χ0v) is 8.60. The van der Waals surface area contributed by atoms with Gasteiger partial charge in [0.05, 0.1) is 0 Å². The molecular weight excluding hydrogens is 245 g/mol. The standard InChI is InChI=1S/C10H10F5NO/c11-9(12,13)6-10(14,15)17-8-3-1-2-7(4-8)5-16/h1-4H,5-6,16H2. The maximum atomic E-state index is 12.9. The highest BCUT2D eigenvalue weighted by atomic mass is 19.4. The second kappa shape index (κ2) is 4.87. The highest BCUT2D eigenvalue weighted by Gasteiger charge is 2.45. The summed E-state index contributed by atoms with van der Waals surface area (Å²) in [7, 11) is 0. The molecule has 17 heavy (non-hydrogen) atoms. The van der Waals surface area contributed by atoms with Crippen LogP contribution in [-0.4, -0.2) is 12.3 Å². The molecule has 2 nitrogen and oxygen atoms in total. The van der Waals surface area contributed by atoms with Crippen LogP contribution >= 0.6 is 0 Å². The molecule has 0 amide bonds. The summed E-state index contributed by atoms with van der Waals surface area (Å²) in [6.45, 7) is 0.0854. The average molecular weight is 255 g/mol. The third-order valence-corrected chi connectivity index (χ3v) is 1.81. The number of rotatable bonds is 4. The van der Waals surface area contributed by atoms with Crippen molar-refractivity contribution in [3.8, 4) is 5.75 Å². The molecule has 1 aromatic carbocycles. The van der Waals surface area contributed by atoms with Gasteiger partial charge in [0.1, 0.15) is 12.2 Å². The summed E-state index contributed by atoms with van der Waals surface area (Å²) < 4.78 is 65.2. The molecule has 0 saturated carbocycles. The molecule has 0 fully saturated rings. The van der Waals surface area contributed by atoms with Crippen molar-refractivity contribution in [1.29, 1.82) is 0 Å². The molecule has 0 unspecified atom stereocenters. The molecule has 0 aliphatic rings. The van der Waals surface area contributed by atoms with Crippen molar-refractivity contribution in [2.45, 2.75) is 25.3 Å². The van der Waals surface area contributed by atoms with Gasteiger partial charge in [-0.3, -0.25) is 0 Å². The van der Waals surface area contributed by atoms with E-state index in [2.05, 4.69) is 4.74 Å². The molecule has 0 saturated heterocycles. The minimum absolute atomic E-state index is 0.0854. The lowest BCUT2D eigenvalue weighted by Gasteiger charge is -2.19. The molecule has 7 heteroatoms. The third kappa shape index (κ3) is 4.99. The van der Waals surface area contributed by atoms with Gasteiger partial charge in [-0.15, -0.1) is 0 Å². The van der Waals surface area contributed by atoms with Crippen LogP contribution in [0.1, 0.15) is 12.0 Å². The van der Waals surface area contributed by atoms with Gasteiger partial charge in [-0.1, -0.05) is 12.1 Å². The van der Waals surface area contributed by atoms with E-state index in [1.807, 2.05) is 0 Å². The Morgan fingerprint density at radius 2 is 1.76 bits per heavy atom. The number of hydrogen-bond donors (Lipinski definition) is 1. The van der Waals surface area contributed by atoms with E-state index in [-0.39, 0.29) is 12.3 Å². The van der Waals surface area contributed by atoms with E-state index in [0.717, 1.165) is 6.07 Å². The Hall–Kier alpha value is -1.37. The van der Waals surface area contributed by atoms with Crippen LogP contribution in [0.5, 0.6) is 5.75 Å². The Morgan fingerprint density at radius 3 is 2.29 bits per heavy atom. The van der Waals surface area contributed by atoms with Crippen LogP contribution in [0, 0.1) is 0 Å². The van der Waals surface area contributed by atoms with Gasteiger partial charge in [0, 0.05) is 6.54 Å². The largest absolute Gasteiger partial charge is 0.432 e. The minimum Gasteiger partial charge on any atom is -0.432 e. The Morgan fingerprint density at radius 1 is 1.12 bits per heavy atom. The fourth-order valence-electron chi connectivity index (χ4n) is 1.18. The van der Waals surface area contributed by atoms with E-state index in [1.165, 1.54) is 12.1 Å². The van der Waals surface area contributed by atoms with Crippen LogP contribution in [0.2, 0.25) is 0 Å². The number of benzene rings is 1. The molecule has 1 rings (SSSR count). The zero-order valence-electron chi connectivity index (χ0n) is 8.60. The monoisotopic (exact) mass is 255 g/mol. The molecule has 0 aromatic heterocycles. The van der Waals surface area contributed by atoms with Crippen LogP contribution in [0.25, 0.3) is 0 Å². The molecule has 2 N–H and O–H groups in total. The lowest BCUT2D eigenvalue weighted by atomic mass is 10.2. The van der Waals surface area contributed by atoms with Crippen molar-refractivity contribution in [2.24, 2.45) is 5.73 Å². The van der Waals surface area contributed by atoms with Gasteiger partial charge in [-0.25, -0.2) is 0 Å². The number of ether oxygens (including phenoxy) is 1. The van der Waals surface area contributed by atoms with E-state index in [9.17, 15) is 22.0 Å². The van der Waals surface area contributed by atoms with Gasteiger partial charge >= 0.3 is 12.3 Å². The Kier molecular flexibility index (Phi) is 3.92. The lowest BCUT2D eigenvalue weighted by Crippen LogP contribution is -2.31. The summed E-state index contributed by atoms with van der Waals surface area (Å²) in [5.74, 6) is -0.345. The average Bonchev–Trinajstić information content (AvgIpc) is 2.13. The van der Waals surface area contributed by atoms with Gasteiger partial charge in [-0.05, 0) is 17.7 Å². The predicted octanol–water partition coefficient (Wildman–Crippen LogP) is 3.07. The molecule has 0 bridgehead atoms. The first-order valence-corrected chi connectivity index (χ1v) is 4.64. The van der Waals surface area contributed by atoms with E-state index in [1.54, 1.807) is 6.07 Å². The normalized spacial score (nSPS) is 12.6. The Balaban J connectivity index is 2.75. The van der Waals surface area contributed by atoms with Gasteiger partial charge in [0.25, 0.3) is 0 Å². The molecule has 0 spiro atoms.